The number of ether oxygens (including phenoxy) is 1. The van der Waals surface area contributed by atoms with Crippen LogP contribution in [0.3, 0.4) is 0 Å². The molecular weight excluding hydrogens is 470 g/mol. The molecule has 0 saturated heterocycles. The number of rotatable bonds is 0. The van der Waals surface area contributed by atoms with Gasteiger partial charge >= 0.3 is 6.09 Å². The van der Waals surface area contributed by atoms with Crippen molar-refractivity contribution >= 4 is 55.6 Å². The fraction of sp³-hybridized carbons (Fsp3) is 0.310. The maximum absolute atomic E-state index is 14.0. The van der Waals surface area contributed by atoms with E-state index in [2.05, 4.69) is 4.57 Å². The van der Waals surface area contributed by atoms with Gasteiger partial charge in [-0.1, -0.05) is 36.4 Å². The summed E-state index contributed by atoms with van der Waals surface area (Å²) >= 11 is 0. The highest BCUT2D eigenvalue weighted by atomic mass is 16.6. The Kier molecular flexibility index (Phi) is 4.43. The Morgan fingerprint density at radius 2 is 1.38 bits per heavy atom. The molecule has 0 radical (unpaired) electrons. The second kappa shape index (κ2) is 7.34. The number of imide groups is 1. The normalized spacial score (nSPS) is 19.8. The lowest BCUT2D eigenvalue weighted by Crippen LogP contribution is -2.36. The van der Waals surface area contributed by atoms with E-state index in [0.29, 0.717) is 5.56 Å². The third-order valence-electron chi connectivity index (χ3n) is 7.59. The van der Waals surface area contributed by atoms with E-state index in [4.69, 9.17) is 4.74 Å². The van der Waals surface area contributed by atoms with Crippen LogP contribution in [0.4, 0.5) is 4.79 Å². The molecule has 0 fully saturated rings. The lowest BCUT2D eigenvalue weighted by molar-refractivity contribution is 0.00168. The van der Waals surface area contributed by atoms with Crippen molar-refractivity contribution < 1.29 is 24.5 Å². The van der Waals surface area contributed by atoms with Gasteiger partial charge in [0.05, 0.1) is 48.4 Å². The van der Waals surface area contributed by atoms with Gasteiger partial charge in [-0.3, -0.25) is 4.79 Å². The molecule has 2 atom stereocenters. The van der Waals surface area contributed by atoms with Crippen LogP contribution in [0.1, 0.15) is 36.7 Å². The molecule has 8 nitrogen and oxygen atoms in total. The third kappa shape index (κ3) is 2.97. The predicted octanol–water partition coefficient (Wildman–Crippen LogP) is 4.53. The number of hydrogen-bond acceptors (Lipinski definition) is 5. The Labute approximate surface area is 212 Å². The number of hydrogen-bond donors (Lipinski definition) is 2. The van der Waals surface area contributed by atoms with E-state index in [0.717, 1.165) is 49.2 Å². The van der Waals surface area contributed by atoms with E-state index in [-0.39, 0.29) is 25.5 Å². The first kappa shape index (κ1) is 22.3. The molecule has 188 valence electrons. The van der Waals surface area contributed by atoms with Gasteiger partial charge in [0.15, 0.2) is 0 Å². The molecule has 4 heterocycles. The van der Waals surface area contributed by atoms with Gasteiger partial charge in [-0.2, -0.15) is 0 Å². The Morgan fingerprint density at radius 3 is 1.95 bits per heavy atom. The topological polar surface area (TPSA) is 96.9 Å². The predicted molar refractivity (Wildman–Crippen MR) is 141 cm³/mol. The summed E-state index contributed by atoms with van der Waals surface area (Å²) in [7, 11) is 0. The van der Waals surface area contributed by atoms with Crippen molar-refractivity contribution in [1.29, 1.82) is 0 Å². The zero-order chi connectivity index (χ0) is 25.8. The summed E-state index contributed by atoms with van der Waals surface area (Å²) in [6, 6.07) is 15.7. The van der Waals surface area contributed by atoms with Crippen molar-refractivity contribution in [3.8, 4) is 0 Å². The van der Waals surface area contributed by atoms with E-state index < -0.39 is 23.9 Å². The Hall–Kier alpha value is -3.88. The standard InChI is InChI=1S/C29H27N3O5/c1-29(2,3)37-28(36)32-12-17-22-15-8-4-6-10-18(15)30-13-20(33)21(34)14-31-19-11-7-5-9-16(19)23(24(17)27(32)35)26(31)25(22)30/h4-11,20-21,33-34H,12-14H2,1-3H3. The first-order valence-electron chi connectivity index (χ1n) is 12.5. The van der Waals surface area contributed by atoms with E-state index in [1.807, 2.05) is 53.1 Å². The molecule has 0 saturated carbocycles. The lowest BCUT2D eigenvalue weighted by atomic mass is 9.97. The molecule has 2 aromatic heterocycles. The second-order valence-corrected chi connectivity index (χ2v) is 11.1. The number of para-hydroxylation sites is 2. The van der Waals surface area contributed by atoms with Crippen molar-refractivity contribution in [3.05, 3.63) is 59.7 Å². The first-order valence-corrected chi connectivity index (χ1v) is 12.5. The Morgan fingerprint density at radius 1 is 0.865 bits per heavy atom. The van der Waals surface area contributed by atoms with Gasteiger partial charge in [0.2, 0.25) is 0 Å². The summed E-state index contributed by atoms with van der Waals surface area (Å²) in [5.74, 6) is -0.381. The maximum Gasteiger partial charge on any atom is 0.417 e. The summed E-state index contributed by atoms with van der Waals surface area (Å²) < 4.78 is 9.67. The minimum Gasteiger partial charge on any atom is -0.443 e. The van der Waals surface area contributed by atoms with E-state index >= 15 is 0 Å². The molecular formula is C29H27N3O5. The van der Waals surface area contributed by atoms with Gasteiger partial charge in [-0.15, -0.1) is 0 Å². The van der Waals surface area contributed by atoms with Gasteiger partial charge in [0.25, 0.3) is 5.91 Å². The SMILES string of the molecule is CC(C)(C)OC(=O)N1Cc2c(c3c4ccccc4n4c3c3c2c2ccccc2n3CC(O)C(O)C4)C1=O. The van der Waals surface area contributed by atoms with Gasteiger partial charge < -0.3 is 24.1 Å². The van der Waals surface area contributed by atoms with Crippen LogP contribution < -0.4 is 0 Å². The Balaban J connectivity index is 1.67. The molecule has 2 N–H and O–H groups in total. The summed E-state index contributed by atoms with van der Waals surface area (Å²) in [4.78, 5) is 28.3. The van der Waals surface area contributed by atoms with Crippen LogP contribution in [0, 0.1) is 0 Å². The maximum atomic E-state index is 14.0. The van der Waals surface area contributed by atoms with Crippen molar-refractivity contribution in [2.24, 2.45) is 0 Å². The zero-order valence-electron chi connectivity index (χ0n) is 20.9. The fourth-order valence-corrected chi connectivity index (χ4v) is 6.15. The number of amides is 2. The van der Waals surface area contributed by atoms with Crippen molar-refractivity contribution in [3.63, 3.8) is 0 Å². The molecule has 2 unspecified atom stereocenters. The molecule has 8 heteroatoms. The van der Waals surface area contributed by atoms with Gasteiger partial charge in [-0.25, -0.2) is 9.69 Å². The summed E-state index contributed by atoms with van der Waals surface area (Å²) in [5.41, 5.74) is 4.04. The van der Waals surface area contributed by atoms with E-state index in [1.165, 1.54) is 4.90 Å². The number of aliphatic hydroxyl groups is 2. The summed E-state index contributed by atoms with van der Waals surface area (Å²) in [6.45, 7) is 5.84. The van der Waals surface area contributed by atoms with Crippen LogP contribution in [-0.2, 0) is 24.4 Å². The van der Waals surface area contributed by atoms with Crippen LogP contribution in [0.2, 0.25) is 0 Å². The first-order chi connectivity index (χ1) is 17.7. The fourth-order valence-electron chi connectivity index (χ4n) is 6.15. The highest BCUT2D eigenvalue weighted by molar-refractivity contribution is 6.31. The number of carbonyl (C=O) groups excluding carboxylic acids is 2. The zero-order valence-corrected chi connectivity index (χ0v) is 20.9. The molecule has 2 aliphatic heterocycles. The average molecular weight is 498 g/mol. The number of nitrogens with zero attached hydrogens (tertiary/aromatic N) is 3. The smallest absolute Gasteiger partial charge is 0.417 e. The molecule has 7 rings (SSSR count). The number of aliphatic hydroxyl groups excluding tert-OH is 2. The lowest BCUT2D eigenvalue weighted by Gasteiger charge is -2.24. The second-order valence-electron chi connectivity index (χ2n) is 11.1. The summed E-state index contributed by atoms with van der Waals surface area (Å²) in [5, 5.41) is 25.4. The Bertz CT molecular complexity index is 1810. The van der Waals surface area contributed by atoms with Gasteiger partial charge in [0.1, 0.15) is 5.60 Å². The average Bonchev–Trinajstić information content (AvgIpc) is 3.46. The molecule has 37 heavy (non-hydrogen) atoms. The van der Waals surface area contributed by atoms with Crippen molar-refractivity contribution in [2.75, 3.05) is 0 Å². The molecule has 5 aromatic rings. The van der Waals surface area contributed by atoms with Crippen LogP contribution in [0.25, 0.3) is 43.6 Å². The van der Waals surface area contributed by atoms with Crippen LogP contribution >= 0.6 is 0 Å². The quantitative estimate of drug-likeness (QED) is 0.328. The number of aromatic nitrogens is 2. The highest BCUT2D eigenvalue weighted by Crippen LogP contribution is 2.47. The summed E-state index contributed by atoms with van der Waals surface area (Å²) in [6.07, 6.45) is -2.64. The monoisotopic (exact) mass is 497 g/mol. The van der Waals surface area contributed by atoms with Crippen LogP contribution in [0.5, 0.6) is 0 Å². The largest absolute Gasteiger partial charge is 0.443 e. The van der Waals surface area contributed by atoms with Gasteiger partial charge in [0, 0.05) is 32.6 Å². The molecule has 2 amide bonds. The molecule has 3 aromatic carbocycles. The van der Waals surface area contributed by atoms with Crippen LogP contribution in [0.15, 0.2) is 48.5 Å². The molecule has 0 aliphatic carbocycles. The highest BCUT2D eigenvalue weighted by Gasteiger charge is 2.41. The number of benzene rings is 3. The number of fused-ring (bicyclic) bond motifs is 9. The van der Waals surface area contributed by atoms with Crippen molar-refractivity contribution in [1.82, 2.24) is 14.0 Å². The van der Waals surface area contributed by atoms with Gasteiger partial charge in [-0.05, 0) is 38.5 Å². The molecule has 2 aliphatic rings. The van der Waals surface area contributed by atoms with Crippen LogP contribution in [-0.4, -0.2) is 54.1 Å². The van der Waals surface area contributed by atoms with E-state index in [9.17, 15) is 19.8 Å². The third-order valence-corrected chi connectivity index (χ3v) is 7.59. The minimum absolute atomic E-state index is 0.105. The molecule has 0 spiro atoms. The van der Waals surface area contributed by atoms with Crippen molar-refractivity contribution in [2.45, 2.75) is 58.2 Å². The minimum atomic E-state index is -0.995. The number of carbonyl (C=O) groups is 2. The van der Waals surface area contributed by atoms with E-state index in [1.54, 1.807) is 20.8 Å². The molecule has 0 bridgehead atoms.